The number of carbonyl (C=O) groups excluding carboxylic acids is 2. The molecule has 0 radical (unpaired) electrons. The van der Waals surface area contributed by atoms with E-state index < -0.39 is 5.41 Å². The molecule has 0 N–H and O–H groups in total. The summed E-state index contributed by atoms with van der Waals surface area (Å²) in [5.41, 5.74) is 0.175. The minimum atomic E-state index is -1.17. The van der Waals surface area contributed by atoms with Crippen LogP contribution in [-0.4, -0.2) is 11.8 Å². The molecular weight excluding hydrogens is 336 g/mol. The Morgan fingerprint density at radius 1 is 0.815 bits per heavy atom. The number of nitrogens with zero attached hydrogens (tertiary/aromatic N) is 2. The monoisotopic (exact) mass is 360 g/mol. The number of anilines is 2. The van der Waals surface area contributed by atoms with Crippen molar-refractivity contribution in [3.05, 3.63) is 85.5 Å². The molecule has 1 heterocycles. The molecule has 0 unspecified atom stereocenters. The van der Waals surface area contributed by atoms with Crippen LogP contribution in [0.4, 0.5) is 11.4 Å². The standard InChI is InChI=1S/C23H24N2O2/c1-3-5-12-18-23(17-4-2)21(26)24(19-13-8-6-9-14-19)25(22(23)27)20-15-10-7-11-16-20/h4-16H,2-3,17-18H2,1H3/b12-5+. The molecule has 4 nitrogen and oxygen atoms in total. The van der Waals surface area contributed by atoms with Crippen LogP contribution in [-0.2, 0) is 9.59 Å². The second kappa shape index (κ2) is 8.04. The van der Waals surface area contributed by atoms with Crippen LogP contribution >= 0.6 is 0 Å². The van der Waals surface area contributed by atoms with E-state index in [4.69, 9.17) is 0 Å². The SMILES string of the molecule is C=CCC1(C/C=C/CC)C(=O)N(c2ccccc2)N(c2ccccc2)C1=O. The average Bonchev–Trinajstić information content (AvgIpc) is 2.92. The highest BCUT2D eigenvalue weighted by molar-refractivity contribution is 6.26. The molecule has 0 aromatic heterocycles. The summed E-state index contributed by atoms with van der Waals surface area (Å²) < 4.78 is 0. The Morgan fingerprint density at radius 2 is 1.30 bits per heavy atom. The molecule has 0 atom stereocenters. The summed E-state index contributed by atoms with van der Waals surface area (Å²) in [4.78, 5) is 27.2. The smallest absolute Gasteiger partial charge is 0.262 e. The lowest BCUT2D eigenvalue weighted by Gasteiger charge is -2.27. The highest BCUT2D eigenvalue weighted by atomic mass is 16.2. The third kappa shape index (κ3) is 3.31. The Hall–Kier alpha value is -3.14. The molecule has 27 heavy (non-hydrogen) atoms. The molecule has 0 spiro atoms. The van der Waals surface area contributed by atoms with Crippen molar-refractivity contribution in [3.63, 3.8) is 0 Å². The van der Waals surface area contributed by atoms with Gasteiger partial charge in [-0.2, -0.15) is 0 Å². The molecule has 1 fully saturated rings. The van der Waals surface area contributed by atoms with Gasteiger partial charge in [-0.3, -0.25) is 9.59 Å². The lowest BCUT2D eigenvalue weighted by molar-refractivity contribution is -0.134. The lowest BCUT2D eigenvalue weighted by atomic mass is 9.80. The zero-order valence-electron chi connectivity index (χ0n) is 15.5. The number of hydrogen-bond acceptors (Lipinski definition) is 2. The Kier molecular flexibility index (Phi) is 5.55. The number of hydrogen-bond donors (Lipinski definition) is 0. The predicted octanol–water partition coefficient (Wildman–Crippen LogP) is 4.90. The molecule has 1 aliphatic rings. The highest BCUT2D eigenvalue weighted by Gasteiger charge is 2.57. The number of carbonyl (C=O) groups is 2. The Labute approximate surface area is 160 Å². The van der Waals surface area contributed by atoms with Gasteiger partial charge < -0.3 is 0 Å². The molecule has 2 amide bonds. The highest BCUT2D eigenvalue weighted by Crippen LogP contribution is 2.43. The van der Waals surface area contributed by atoms with Gasteiger partial charge in [0.05, 0.1) is 11.4 Å². The zero-order chi connectivity index (χ0) is 19.3. The maximum atomic E-state index is 13.6. The van der Waals surface area contributed by atoms with E-state index in [1.165, 1.54) is 10.0 Å². The molecule has 2 aromatic rings. The number of allylic oxidation sites excluding steroid dienone is 3. The van der Waals surface area contributed by atoms with Crippen molar-refractivity contribution in [3.8, 4) is 0 Å². The van der Waals surface area contributed by atoms with Crippen molar-refractivity contribution >= 4 is 23.2 Å². The Bertz CT molecular complexity index is 786. The van der Waals surface area contributed by atoms with E-state index in [2.05, 4.69) is 6.58 Å². The van der Waals surface area contributed by atoms with E-state index in [1.807, 2.05) is 79.7 Å². The van der Waals surface area contributed by atoms with Crippen LogP contribution in [0.25, 0.3) is 0 Å². The van der Waals surface area contributed by atoms with Gasteiger partial charge >= 0.3 is 0 Å². The van der Waals surface area contributed by atoms with Gasteiger partial charge in [0.15, 0.2) is 0 Å². The van der Waals surface area contributed by atoms with Crippen LogP contribution in [0.1, 0.15) is 26.2 Å². The van der Waals surface area contributed by atoms with E-state index in [0.717, 1.165) is 6.42 Å². The van der Waals surface area contributed by atoms with Crippen molar-refractivity contribution in [1.29, 1.82) is 0 Å². The van der Waals surface area contributed by atoms with E-state index >= 15 is 0 Å². The largest absolute Gasteiger partial charge is 0.271 e. The average molecular weight is 360 g/mol. The maximum absolute atomic E-state index is 13.6. The Balaban J connectivity index is 2.15. The first-order valence-electron chi connectivity index (χ1n) is 9.20. The number of rotatable bonds is 7. The number of para-hydroxylation sites is 2. The van der Waals surface area contributed by atoms with Gasteiger partial charge in [0.1, 0.15) is 5.41 Å². The van der Waals surface area contributed by atoms with Crippen molar-refractivity contribution < 1.29 is 9.59 Å². The Morgan fingerprint density at radius 3 is 1.70 bits per heavy atom. The van der Waals surface area contributed by atoms with Gasteiger partial charge in [0.25, 0.3) is 11.8 Å². The van der Waals surface area contributed by atoms with Crippen LogP contribution in [0.2, 0.25) is 0 Å². The second-order valence-corrected chi connectivity index (χ2v) is 6.56. The molecule has 3 rings (SSSR count). The minimum Gasteiger partial charge on any atom is -0.271 e. The third-order valence-electron chi connectivity index (χ3n) is 4.77. The third-order valence-corrected chi connectivity index (χ3v) is 4.77. The minimum absolute atomic E-state index is 0.219. The summed E-state index contributed by atoms with van der Waals surface area (Å²) in [7, 11) is 0. The zero-order valence-corrected chi connectivity index (χ0v) is 15.5. The molecule has 0 saturated carbocycles. The van der Waals surface area contributed by atoms with Crippen molar-refractivity contribution in [2.45, 2.75) is 26.2 Å². The molecule has 0 aliphatic carbocycles. The first-order chi connectivity index (χ1) is 13.2. The van der Waals surface area contributed by atoms with Crippen LogP contribution in [0.5, 0.6) is 0 Å². The van der Waals surface area contributed by atoms with Crippen LogP contribution < -0.4 is 10.0 Å². The summed E-state index contributed by atoms with van der Waals surface area (Å²) in [6.45, 7) is 5.83. The molecule has 1 aliphatic heterocycles. The number of hydrazine groups is 1. The molecule has 0 bridgehead atoms. The van der Waals surface area contributed by atoms with Gasteiger partial charge in [-0.05, 0) is 43.5 Å². The fourth-order valence-electron chi connectivity index (χ4n) is 3.41. The topological polar surface area (TPSA) is 40.6 Å². The van der Waals surface area contributed by atoms with Gasteiger partial charge in [-0.1, -0.05) is 61.5 Å². The van der Waals surface area contributed by atoms with Crippen molar-refractivity contribution in [2.24, 2.45) is 5.41 Å². The first-order valence-corrected chi connectivity index (χ1v) is 9.20. The summed E-state index contributed by atoms with van der Waals surface area (Å²) in [6, 6.07) is 18.6. The van der Waals surface area contributed by atoms with Crippen molar-refractivity contribution in [1.82, 2.24) is 0 Å². The summed E-state index contributed by atoms with van der Waals surface area (Å²) in [5, 5.41) is 3.00. The van der Waals surface area contributed by atoms with Crippen LogP contribution in [0, 0.1) is 5.41 Å². The first kappa shape index (κ1) is 18.6. The maximum Gasteiger partial charge on any atom is 0.262 e. The second-order valence-electron chi connectivity index (χ2n) is 6.56. The van der Waals surface area contributed by atoms with Crippen LogP contribution in [0.3, 0.4) is 0 Å². The summed E-state index contributed by atoms with van der Waals surface area (Å²) >= 11 is 0. The van der Waals surface area contributed by atoms with E-state index in [-0.39, 0.29) is 11.8 Å². The molecule has 2 aromatic carbocycles. The van der Waals surface area contributed by atoms with Gasteiger partial charge in [-0.25, -0.2) is 10.0 Å². The van der Waals surface area contributed by atoms with Crippen LogP contribution in [0.15, 0.2) is 85.5 Å². The van der Waals surface area contributed by atoms with Gasteiger partial charge in [0, 0.05) is 0 Å². The predicted molar refractivity (Wildman–Crippen MR) is 109 cm³/mol. The molecular formula is C23H24N2O2. The molecule has 138 valence electrons. The van der Waals surface area contributed by atoms with Gasteiger partial charge in [0.2, 0.25) is 0 Å². The fraction of sp³-hybridized carbons (Fsp3) is 0.217. The molecule has 1 saturated heterocycles. The van der Waals surface area contributed by atoms with E-state index in [0.29, 0.717) is 24.2 Å². The van der Waals surface area contributed by atoms with E-state index in [1.54, 1.807) is 6.08 Å². The quantitative estimate of drug-likeness (QED) is 0.520. The summed E-state index contributed by atoms with van der Waals surface area (Å²) in [5.74, 6) is -0.439. The van der Waals surface area contributed by atoms with Gasteiger partial charge in [-0.15, -0.1) is 6.58 Å². The van der Waals surface area contributed by atoms with Crippen molar-refractivity contribution in [2.75, 3.05) is 10.0 Å². The number of benzene rings is 2. The number of amides is 2. The lowest BCUT2D eigenvalue weighted by Crippen LogP contribution is -2.41. The normalized spacial score (nSPS) is 16.3. The van der Waals surface area contributed by atoms with E-state index in [9.17, 15) is 9.59 Å². The molecule has 4 heteroatoms. The summed E-state index contributed by atoms with van der Waals surface area (Å²) in [6.07, 6.45) is 7.09. The fourth-order valence-corrected chi connectivity index (χ4v) is 3.41.